The third-order valence-corrected chi connectivity index (χ3v) is 3.07. The molecular formula is C15H26N4O. The van der Waals surface area contributed by atoms with Gasteiger partial charge in [-0.1, -0.05) is 34.6 Å². The summed E-state index contributed by atoms with van der Waals surface area (Å²) in [5, 5.41) is 0. The van der Waals surface area contributed by atoms with Gasteiger partial charge in [0.1, 0.15) is 11.6 Å². The first-order chi connectivity index (χ1) is 9.15. The van der Waals surface area contributed by atoms with E-state index in [0.29, 0.717) is 6.54 Å². The van der Waals surface area contributed by atoms with Gasteiger partial charge in [0.2, 0.25) is 5.91 Å². The van der Waals surface area contributed by atoms with Crippen molar-refractivity contribution in [3.8, 4) is 0 Å². The number of carbonyl (C=O) groups is 1. The fourth-order valence-electron chi connectivity index (χ4n) is 1.80. The molecule has 0 bridgehead atoms. The molecule has 0 aliphatic carbocycles. The molecule has 2 N–H and O–H groups in total. The molecule has 1 rings (SSSR count). The minimum atomic E-state index is -0.353. The summed E-state index contributed by atoms with van der Waals surface area (Å²) < 4.78 is 0. The molecular weight excluding hydrogens is 252 g/mol. The van der Waals surface area contributed by atoms with Crippen LogP contribution >= 0.6 is 0 Å². The van der Waals surface area contributed by atoms with E-state index >= 15 is 0 Å². The van der Waals surface area contributed by atoms with Crippen LogP contribution in [0, 0.1) is 0 Å². The largest absolute Gasteiger partial charge is 0.368 e. The van der Waals surface area contributed by atoms with E-state index in [1.165, 1.54) is 0 Å². The molecule has 0 aliphatic rings. The van der Waals surface area contributed by atoms with Gasteiger partial charge in [0.15, 0.2) is 0 Å². The highest BCUT2D eigenvalue weighted by Crippen LogP contribution is 2.25. The van der Waals surface area contributed by atoms with E-state index in [1.54, 1.807) is 0 Å². The van der Waals surface area contributed by atoms with Crippen molar-refractivity contribution in [2.24, 2.45) is 5.73 Å². The highest BCUT2D eigenvalue weighted by atomic mass is 16.1. The van der Waals surface area contributed by atoms with Crippen LogP contribution in [0.4, 0.5) is 5.82 Å². The molecule has 1 amide bonds. The zero-order chi connectivity index (χ0) is 15.5. The maximum absolute atomic E-state index is 11.2. The summed E-state index contributed by atoms with van der Waals surface area (Å²) in [6, 6.07) is 1.96. The second kappa shape index (κ2) is 6.20. The molecule has 0 atom stereocenters. The predicted molar refractivity (Wildman–Crippen MR) is 81.9 cm³/mol. The lowest BCUT2D eigenvalue weighted by Crippen LogP contribution is -2.34. The van der Waals surface area contributed by atoms with Crippen molar-refractivity contribution < 1.29 is 4.79 Å². The highest BCUT2D eigenvalue weighted by Gasteiger charge is 2.21. The van der Waals surface area contributed by atoms with Crippen molar-refractivity contribution in [1.82, 2.24) is 9.97 Å². The topological polar surface area (TPSA) is 72.1 Å². The first-order valence-corrected chi connectivity index (χ1v) is 7.07. The van der Waals surface area contributed by atoms with Crippen LogP contribution in [0.25, 0.3) is 0 Å². The van der Waals surface area contributed by atoms with Gasteiger partial charge >= 0.3 is 0 Å². The van der Waals surface area contributed by atoms with Gasteiger partial charge in [0.25, 0.3) is 0 Å². The molecule has 112 valence electrons. The monoisotopic (exact) mass is 278 g/mol. The van der Waals surface area contributed by atoms with Gasteiger partial charge in [0.05, 0.1) is 12.2 Å². The van der Waals surface area contributed by atoms with E-state index in [1.807, 2.05) is 17.9 Å². The average molecular weight is 278 g/mol. The lowest BCUT2D eigenvalue weighted by molar-refractivity contribution is -0.116. The molecule has 5 nitrogen and oxygen atoms in total. The number of carbonyl (C=O) groups excluding carboxylic acids is 1. The fourth-order valence-corrected chi connectivity index (χ4v) is 1.80. The normalized spacial score (nSPS) is 11.8. The Kier molecular flexibility index (Phi) is 5.09. The van der Waals surface area contributed by atoms with Gasteiger partial charge in [-0.05, 0) is 6.92 Å². The number of nitrogens with zero attached hydrogens (tertiary/aromatic N) is 3. The van der Waals surface area contributed by atoms with Crippen molar-refractivity contribution in [3.05, 3.63) is 17.6 Å². The lowest BCUT2D eigenvalue weighted by Gasteiger charge is -2.25. The van der Waals surface area contributed by atoms with Crippen LogP contribution in [0.15, 0.2) is 6.07 Å². The molecule has 0 saturated heterocycles. The minimum absolute atomic E-state index is 0.0620. The van der Waals surface area contributed by atoms with E-state index in [-0.39, 0.29) is 23.8 Å². The highest BCUT2D eigenvalue weighted by molar-refractivity contribution is 5.79. The number of hydrogen-bond donors (Lipinski definition) is 1. The van der Waals surface area contributed by atoms with Gasteiger partial charge in [-0.3, -0.25) is 4.79 Å². The Morgan fingerprint density at radius 1 is 1.35 bits per heavy atom. The number of nitrogens with two attached hydrogens (primary N) is 1. The summed E-state index contributed by atoms with van der Waals surface area (Å²) in [7, 11) is 0. The summed E-state index contributed by atoms with van der Waals surface area (Å²) >= 11 is 0. The molecule has 1 aromatic heterocycles. The Morgan fingerprint density at radius 3 is 2.35 bits per heavy atom. The molecule has 20 heavy (non-hydrogen) atoms. The third-order valence-electron chi connectivity index (χ3n) is 3.07. The van der Waals surface area contributed by atoms with Crippen LogP contribution in [-0.2, 0) is 10.2 Å². The van der Waals surface area contributed by atoms with Crippen LogP contribution in [0.3, 0.4) is 0 Å². The quantitative estimate of drug-likeness (QED) is 0.896. The molecule has 1 aromatic rings. The summed E-state index contributed by atoms with van der Waals surface area (Å²) in [4.78, 5) is 22.3. The number of aromatic nitrogens is 2. The molecule has 0 aliphatic heterocycles. The summed E-state index contributed by atoms with van der Waals surface area (Å²) in [5.41, 5.74) is 6.22. The molecule has 0 saturated carbocycles. The van der Waals surface area contributed by atoms with E-state index in [4.69, 9.17) is 5.73 Å². The van der Waals surface area contributed by atoms with Crippen LogP contribution in [0.2, 0.25) is 0 Å². The third kappa shape index (κ3) is 4.18. The van der Waals surface area contributed by atoms with Gasteiger partial charge in [-0.15, -0.1) is 0 Å². The SMILES string of the molecule is CCN(CC(N)=O)c1cc(C(C)(C)C)nc(C(C)C)n1. The number of rotatable bonds is 5. The number of hydrogen-bond acceptors (Lipinski definition) is 4. The fraction of sp³-hybridized carbons (Fsp3) is 0.667. The van der Waals surface area contributed by atoms with E-state index < -0.39 is 0 Å². The standard InChI is InChI=1S/C15H26N4O/c1-7-19(9-12(16)20)13-8-11(15(4,5)6)17-14(18-13)10(2)3/h8,10H,7,9H2,1-6H3,(H2,16,20). The number of amides is 1. The molecule has 0 radical (unpaired) electrons. The Balaban J connectivity index is 3.30. The minimum Gasteiger partial charge on any atom is -0.368 e. The zero-order valence-electron chi connectivity index (χ0n) is 13.4. The first kappa shape index (κ1) is 16.4. The number of anilines is 1. The summed E-state index contributed by atoms with van der Waals surface area (Å²) in [6.45, 7) is 13.3. The van der Waals surface area contributed by atoms with E-state index in [9.17, 15) is 4.79 Å². The van der Waals surface area contributed by atoms with Crippen LogP contribution in [-0.4, -0.2) is 29.0 Å². The van der Waals surface area contributed by atoms with Crippen molar-refractivity contribution in [3.63, 3.8) is 0 Å². The Hall–Kier alpha value is -1.65. The summed E-state index contributed by atoms with van der Waals surface area (Å²) in [6.07, 6.45) is 0. The first-order valence-electron chi connectivity index (χ1n) is 7.07. The average Bonchev–Trinajstić information content (AvgIpc) is 2.34. The van der Waals surface area contributed by atoms with Gasteiger partial charge in [0, 0.05) is 23.9 Å². The number of primary amides is 1. The predicted octanol–water partition coefficient (Wildman–Crippen LogP) is 2.21. The maximum Gasteiger partial charge on any atom is 0.236 e. The molecule has 0 aromatic carbocycles. The second-order valence-corrected chi connectivity index (χ2v) is 6.35. The van der Waals surface area contributed by atoms with Crippen molar-refractivity contribution in [2.75, 3.05) is 18.0 Å². The van der Waals surface area contributed by atoms with Crippen LogP contribution in [0.5, 0.6) is 0 Å². The van der Waals surface area contributed by atoms with Gasteiger partial charge in [-0.25, -0.2) is 9.97 Å². The Bertz CT molecular complexity index is 477. The molecule has 0 unspecified atom stereocenters. The lowest BCUT2D eigenvalue weighted by atomic mass is 9.91. The Labute approximate surface area is 121 Å². The molecule has 5 heteroatoms. The van der Waals surface area contributed by atoms with Crippen LogP contribution in [0.1, 0.15) is 59.0 Å². The van der Waals surface area contributed by atoms with Crippen molar-refractivity contribution in [2.45, 2.75) is 52.9 Å². The van der Waals surface area contributed by atoms with Gasteiger partial charge in [-0.2, -0.15) is 0 Å². The van der Waals surface area contributed by atoms with Gasteiger partial charge < -0.3 is 10.6 Å². The Morgan fingerprint density at radius 2 is 1.95 bits per heavy atom. The smallest absolute Gasteiger partial charge is 0.236 e. The maximum atomic E-state index is 11.2. The van der Waals surface area contributed by atoms with E-state index in [0.717, 1.165) is 17.3 Å². The number of likely N-dealkylation sites (N-methyl/N-ethyl adjacent to an activating group) is 1. The van der Waals surface area contributed by atoms with Crippen LogP contribution < -0.4 is 10.6 Å². The van der Waals surface area contributed by atoms with Crippen molar-refractivity contribution >= 4 is 11.7 Å². The second-order valence-electron chi connectivity index (χ2n) is 6.35. The van der Waals surface area contributed by atoms with E-state index in [2.05, 4.69) is 44.6 Å². The zero-order valence-corrected chi connectivity index (χ0v) is 13.4. The van der Waals surface area contributed by atoms with Crippen molar-refractivity contribution in [1.29, 1.82) is 0 Å². The molecule has 0 fully saturated rings. The summed E-state index contributed by atoms with van der Waals surface area (Å²) in [5.74, 6) is 1.46. The molecule has 0 spiro atoms. The molecule has 1 heterocycles.